The predicted molar refractivity (Wildman–Crippen MR) is 108 cm³/mol. The number of hydrogen-bond acceptors (Lipinski definition) is 3. The van der Waals surface area contributed by atoms with E-state index in [4.69, 9.17) is 9.47 Å². The fraction of sp³-hybridized carbons (Fsp3) is 0.375. The molecular weight excluding hydrogens is 393 g/mol. The SMILES string of the molecule is C=C(C=O)[C@@H]1CCc2c(C)cc(OCc3c(F)cc(F)c(F)c3C)c(C)c2[C@@H]1OC. The second kappa shape index (κ2) is 8.64. The first kappa shape index (κ1) is 22.1. The topological polar surface area (TPSA) is 35.5 Å². The summed E-state index contributed by atoms with van der Waals surface area (Å²) in [4.78, 5) is 11.3. The summed E-state index contributed by atoms with van der Waals surface area (Å²) < 4.78 is 53.1. The number of fused-ring (bicyclic) bond motifs is 1. The minimum Gasteiger partial charge on any atom is -0.488 e. The Morgan fingerprint density at radius 1 is 1.17 bits per heavy atom. The predicted octanol–water partition coefficient (Wildman–Crippen LogP) is 5.61. The van der Waals surface area contributed by atoms with E-state index in [0.717, 1.165) is 41.4 Å². The molecule has 0 radical (unpaired) electrons. The highest BCUT2D eigenvalue weighted by molar-refractivity contribution is 5.73. The van der Waals surface area contributed by atoms with E-state index < -0.39 is 17.5 Å². The van der Waals surface area contributed by atoms with Crippen LogP contribution in [0.2, 0.25) is 0 Å². The van der Waals surface area contributed by atoms with Gasteiger partial charge >= 0.3 is 0 Å². The maximum Gasteiger partial charge on any atom is 0.162 e. The molecule has 0 amide bonds. The van der Waals surface area contributed by atoms with Crippen LogP contribution in [-0.2, 0) is 22.6 Å². The van der Waals surface area contributed by atoms with Crippen LogP contribution in [0, 0.1) is 44.1 Å². The van der Waals surface area contributed by atoms with E-state index in [0.29, 0.717) is 17.4 Å². The second-order valence-electron chi connectivity index (χ2n) is 7.75. The minimum absolute atomic E-state index is 0.0285. The zero-order valence-corrected chi connectivity index (χ0v) is 17.6. The van der Waals surface area contributed by atoms with Crippen LogP contribution < -0.4 is 4.74 Å². The van der Waals surface area contributed by atoms with E-state index in [1.165, 1.54) is 6.92 Å². The highest BCUT2D eigenvalue weighted by atomic mass is 19.2. The monoisotopic (exact) mass is 418 g/mol. The molecule has 2 atom stereocenters. The van der Waals surface area contributed by atoms with Crippen molar-refractivity contribution in [3.63, 3.8) is 0 Å². The van der Waals surface area contributed by atoms with Crippen molar-refractivity contribution in [1.82, 2.24) is 0 Å². The highest BCUT2D eigenvalue weighted by Crippen LogP contribution is 2.45. The Morgan fingerprint density at radius 2 is 1.87 bits per heavy atom. The summed E-state index contributed by atoms with van der Waals surface area (Å²) in [7, 11) is 1.59. The minimum atomic E-state index is -1.22. The van der Waals surface area contributed by atoms with Crippen LogP contribution in [0.15, 0.2) is 24.3 Å². The van der Waals surface area contributed by atoms with Crippen molar-refractivity contribution < 1.29 is 27.4 Å². The van der Waals surface area contributed by atoms with Crippen LogP contribution in [-0.4, -0.2) is 13.4 Å². The van der Waals surface area contributed by atoms with E-state index in [2.05, 4.69) is 6.58 Å². The number of benzene rings is 2. The first-order chi connectivity index (χ1) is 14.2. The van der Waals surface area contributed by atoms with Gasteiger partial charge in [0.2, 0.25) is 0 Å². The van der Waals surface area contributed by atoms with Crippen molar-refractivity contribution in [3.8, 4) is 5.75 Å². The van der Waals surface area contributed by atoms with Gasteiger partial charge in [-0.1, -0.05) is 6.58 Å². The van der Waals surface area contributed by atoms with E-state index in [1.54, 1.807) is 7.11 Å². The number of carbonyl (C=O) groups excluding carboxylic acids is 1. The Kier molecular flexibility index (Phi) is 6.36. The number of ether oxygens (including phenoxy) is 2. The second-order valence-corrected chi connectivity index (χ2v) is 7.75. The van der Waals surface area contributed by atoms with E-state index in [-0.39, 0.29) is 29.8 Å². The lowest BCUT2D eigenvalue weighted by molar-refractivity contribution is -0.106. The standard InChI is InChI=1S/C24H25F3O3/c1-12-8-21(30-11-18-14(3)23(27)20(26)9-19(18)25)15(4)22-16(12)6-7-17(13(2)10-28)24(22)29-5/h8-10,17,24H,2,6-7,11H2,1,3-5H3/t17-,24+/m0/s1. The number of halogens is 3. The Labute approximate surface area is 174 Å². The van der Waals surface area contributed by atoms with Crippen molar-refractivity contribution in [3.05, 3.63) is 75.1 Å². The van der Waals surface area contributed by atoms with Crippen LogP contribution in [0.3, 0.4) is 0 Å². The molecular formula is C24H25F3O3. The summed E-state index contributed by atoms with van der Waals surface area (Å²) >= 11 is 0. The lowest BCUT2D eigenvalue weighted by atomic mass is 9.75. The molecule has 160 valence electrons. The van der Waals surface area contributed by atoms with E-state index in [9.17, 15) is 18.0 Å². The molecule has 0 bridgehead atoms. The maximum absolute atomic E-state index is 14.2. The molecule has 3 rings (SSSR count). The average Bonchev–Trinajstić information content (AvgIpc) is 2.73. The summed E-state index contributed by atoms with van der Waals surface area (Å²) in [6.45, 7) is 8.78. The maximum atomic E-state index is 14.2. The summed E-state index contributed by atoms with van der Waals surface area (Å²) in [5.41, 5.74) is 4.22. The van der Waals surface area contributed by atoms with Gasteiger partial charge < -0.3 is 9.47 Å². The van der Waals surface area contributed by atoms with Gasteiger partial charge in [0.25, 0.3) is 0 Å². The smallest absolute Gasteiger partial charge is 0.162 e. The van der Waals surface area contributed by atoms with E-state index >= 15 is 0 Å². The molecule has 1 aliphatic carbocycles. The number of methoxy groups -OCH3 is 1. The summed E-state index contributed by atoms with van der Waals surface area (Å²) in [5.74, 6) is -2.79. The largest absolute Gasteiger partial charge is 0.488 e. The molecule has 0 unspecified atom stereocenters. The van der Waals surface area contributed by atoms with Gasteiger partial charge in [0.15, 0.2) is 11.6 Å². The number of aldehydes is 1. The van der Waals surface area contributed by atoms with Crippen LogP contribution in [0.25, 0.3) is 0 Å². The Hall–Kier alpha value is -2.60. The zero-order chi connectivity index (χ0) is 22.2. The highest BCUT2D eigenvalue weighted by Gasteiger charge is 2.34. The Bertz CT molecular complexity index is 1010. The molecule has 30 heavy (non-hydrogen) atoms. The van der Waals surface area contributed by atoms with Gasteiger partial charge in [-0.3, -0.25) is 4.79 Å². The van der Waals surface area contributed by atoms with E-state index in [1.807, 2.05) is 19.9 Å². The number of rotatable bonds is 6. The van der Waals surface area contributed by atoms with Crippen LogP contribution in [0.1, 0.15) is 45.9 Å². The molecule has 0 fully saturated rings. The number of hydrogen-bond donors (Lipinski definition) is 0. The van der Waals surface area contributed by atoms with Crippen LogP contribution in [0.4, 0.5) is 13.2 Å². The van der Waals surface area contributed by atoms with Crippen molar-refractivity contribution in [2.75, 3.05) is 7.11 Å². The average molecular weight is 418 g/mol. The summed E-state index contributed by atoms with van der Waals surface area (Å²) in [5, 5.41) is 0. The first-order valence-corrected chi connectivity index (χ1v) is 9.76. The quantitative estimate of drug-likeness (QED) is 0.347. The molecule has 0 spiro atoms. The van der Waals surface area contributed by atoms with Crippen LogP contribution in [0.5, 0.6) is 5.75 Å². The fourth-order valence-corrected chi connectivity index (χ4v) is 4.31. The summed E-state index contributed by atoms with van der Waals surface area (Å²) in [6, 6.07) is 2.39. The molecule has 0 saturated heterocycles. The summed E-state index contributed by atoms with van der Waals surface area (Å²) in [6.07, 6.45) is 1.94. The first-order valence-electron chi connectivity index (χ1n) is 9.76. The van der Waals surface area contributed by atoms with Crippen molar-refractivity contribution in [2.24, 2.45) is 5.92 Å². The lowest BCUT2D eigenvalue weighted by Gasteiger charge is -2.35. The molecule has 0 saturated carbocycles. The molecule has 0 aromatic heterocycles. The third kappa shape index (κ3) is 3.76. The van der Waals surface area contributed by atoms with Gasteiger partial charge in [0.05, 0.1) is 6.10 Å². The van der Waals surface area contributed by atoms with Gasteiger partial charge in [-0.2, -0.15) is 0 Å². The Balaban J connectivity index is 2.00. The fourth-order valence-electron chi connectivity index (χ4n) is 4.31. The number of carbonyl (C=O) groups is 1. The molecule has 6 heteroatoms. The molecule has 1 aliphatic rings. The van der Waals surface area contributed by atoms with Gasteiger partial charge in [0.1, 0.15) is 24.5 Å². The Morgan fingerprint density at radius 3 is 2.50 bits per heavy atom. The normalized spacial score (nSPS) is 18.1. The van der Waals surface area contributed by atoms with Gasteiger partial charge in [-0.25, -0.2) is 13.2 Å². The van der Waals surface area contributed by atoms with Crippen LogP contribution >= 0.6 is 0 Å². The third-order valence-electron chi connectivity index (χ3n) is 6.06. The molecule has 0 heterocycles. The lowest BCUT2D eigenvalue weighted by Crippen LogP contribution is -2.26. The molecule has 0 aliphatic heterocycles. The molecule has 3 nitrogen and oxygen atoms in total. The third-order valence-corrected chi connectivity index (χ3v) is 6.06. The molecule has 0 N–H and O–H groups in total. The number of aryl methyl sites for hydroxylation is 1. The van der Waals surface area contributed by atoms with Crippen molar-refractivity contribution >= 4 is 6.29 Å². The van der Waals surface area contributed by atoms with Gasteiger partial charge in [-0.15, -0.1) is 0 Å². The van der Waals surface area contributed by atoms with Crippen molar-refractivity contribution in [2.45, 2.75) is 46.3 Å². The molecule has 2 aromatic rings. The van der Waals surface area contributed by atoms with Gasteiger partial charge in [0, 0.05) is 24.7 Å². The van der Waals surface area contributed by atoms with Crippen molar-refractivity contribution in [1.29, 1.82) is 0 Å². The van der Waals surface area contributed by atoms with Gasteiger partial charge in [-0.05, 0) is 73.1 Å². The zero-order valence-electron chi connectivity index (χ0n) is 17.6. The molecule has 2 aromatic carbocycles.